The van der Waals surface area contributed by atoms with Crippen molar-refractivity contribution >= 4 is 22.4 Å². The third-order valence-corrected chi connectivity index (χ3v) is 4.63. The van der Waals surface area contributed by atoms with E-state index in [0.29, 0.717) is 13.2 Å². The van der Waals surface area contributed by atoms with Crippen molar-refractivity contribution < 1.29 is 9.47 Å². The van der Waals surface area contributed by atoms with Crippen LogP contribution in [0.5, 0.6) is 11.5 Å². The predicted molar refractivity (Wildman–Crippen MR) is 79.8 cm³/mol. The lowest BCUT2D eigenvalue weighted by atomic mass is 10.2. The van der Waals surface area contributed by atoms with E-state index in [4.69, 9.17) is 9.47 Å². The Morgan fingerprint density at radius 3 is 2.75 bits per heavy atom. The average Bonchev–Trinajstić information content (AvgIpc) is 3.10. The summed E-state index contributed by atoms with van der Waals surface area (Å²) < 4.78 is 11.2. The first-order valence-electron chi connectivity index (χ1n) is 6.72. The highest BCUT2D eigenvalue weighted by Crippen LogP contribution is 2.35. The molecule has 1 aromatic carbocycles. The van der Waals surface area contributed by atoms with Crippen molar-refractivity contribution in [3.05, 3.63) is 29.1 Å². The van der Waals surface area contributed by atoms with Crippen molar-refractivity contribution in [3.63, 3.8) is 0 Å². The SMILES string of the molecule is CCc1ccc(-c2nc3cc4c(cc3[nH]2)OCCO4)s1. The number of aromatic amines is 1. The van der Waals surface area contributed by atoms with E-state index in [0.717, 1.165) is 39.7 Å². The molecule has 4 nitrogen and oxygen atoms in total. The zero-order valence-corrected chi connectivity index (χ0v) is 11.9. The number of benzene rings is 1. The molecule has 0 spiro atoms. The molecule has 0 atom stereocenters. The summed E-state index contributed by atoms with van der Waals surface area (Å²) in [6.45, 7) is 3.36. The average molecular weight is 286 g/mol. The van der Waals surface area contributed by atoms with E-state index < -0.39 is 0 Å². The monoisotopic (exact) mass is 286 g/mol. The third-order valence-electron chi connectivity index (χ3n) is 3.39. The molecule has 1 aliphatic heterocycles. The molecule has 20 heavy (non-hydrogen) atoms. The van der Waals surface area contributed by atoms with Crippen molar-refractivity contribution in [2.45, 2.75) is 13.3 Å². The standard InChI is InChI=1S/C15H14N2O2S/c1-2-9-3-4-14(20-9)15-16-10-7-12-13(8-11(10)17-15)19-6-5-18-12/h3-4,7-8H,2,5-6H2,1H3,(H,16,17). The van der Waals surface area contributed by atoms with Crippen LogP contribution in [0.15, 0.2) is 24.3 Å². The molecule has 0 radical (unpaired) electrons. The Morgan fingerprint density at radius 1 is 1.20 bits per heavy atom. The van der Waals surface area contributed by atoms with Crippen molar-refractivity contribution in [2.75, 3.05) is 13.2 Å². The van der Waals surface area contributed by atoms with Gasteiger partial charge in [0.15, 0.2) is 11.5 Å². The Morgan fingerprint density at radius 2 is 2.00 bits per heavy atom. The lowest BCUT2D eigenvalue weighted by molar-refractivity contribution is 0.172. The van der Waals surface area contributed by atoms with E-state index in [1.165, 1.54) is 4.88 Å². The van der Waals surface area contributed by atoms with Gasteiger partial charge in [-0.25, -0.2) is 4.98 Å². The number of fused-ring (bicyclic) bond motifs is 2. The molecule has 0 fully saturated rings. The fourth-order valence-electron chi connectivity index (χ4n) is 2.36. The van der Waals surface area contributed by atoms with Crippen LogP contribution in [-0.4, -0.2) is 23.2 Å². The van der Waals surface area contributed by atoms with Crippen LogP contribution in [0, 0.1) is 0 Å². The summed E-state index contributed by atoms with van der Waals surface area (Å²) in [5, 5.41) is 0. The van der Waals surface area contributed by atoms with Crippen molar-refractivity contribution in [1.82, 2.24) is 9.97 Å². The highest BCUT2D eigenvalue weighted by molar-refractivity contribution is 7.15. The molecule has 0 unspecified atom stereocenters. The number of ether oxygens (including phenoxy) is 2. The quantitative estimate of drug-likeness (QED) is 0.782. The number of imidazole rings is 1. The Hall–Kier alpha value is -2.01. The normalized spacial score (nSPS) is 13.8. The van der Waals surface area contributed by atoms with Gasteiger partial charge < -0.3 is 14.5 Å². The van der Waals surface area contributed by atoms with Gasteiger partial charge in [-0.3, -0.25) is 0 Å². The van der Waals surface area contributed by atoms with Gasteiger partial charge in [-0.2, -0.15) is 0 Å². The molecule has 5 heteroatoms. The number of thiophene rings is 1. The van der Waals surface area contributed by atoms with Crippen LogP contribution in [-0.2, 0) is 6.42 Å². The maximum atomic E-state index is 5.60. The van der Waals surface area contributed by atoms with E-state index >= 15 is 0 Å². The number of nitrogens with one attached hydrogen (secondary N) is 1. The van der Waals surface area contributed by atoms with Gasteiger partial charge in [-0.1, -0.05) is 6.92 Å². The van der Waals surface area contributed by atoms with E-state index in [1.807, 2.05) is 12.1 Å². The van der Waals surface area contributed by atoms with Crippen LogP contribution < -0.4 is 9.47 Å². The van der Waals surface area contributed by atoms with Crippen LogP contribution in [0.3, 0.4) is 0 Å². The maximum absolute atomic E-state index is 5.60. The van der Waals surface area contributed by atoms with Crippen LogP contribution in [0.4, 0.5) is 0 Å². The summed E-state index contributed by atoms with van der Waals surface area (Å²) in [7, 11) is 0. The lowest BCUT2D eigenvalue weighted by Crippen LogP contribution is -2.15. The summed E-state index contributed by atoms with van der Waals surface area (Å²) in [5.74, 6) is 2.48. The number of hydrogen-bond donors (Lipinski definition) is 1. The zero-order valence-electron chi connectivity index (χ0n) is 11.1. The molecule has 0 saturated heterocycles. The largest absolute Gasteiger partial charge is 0.486 e. The lowest BCUT2D eigenvalue weighted by Gasteiger charge is -2.17. The molecule has 0 saturated carbocycles. The molecule has 1 aliphatic rings. The fourth-order valence-corrected chi connectivity index (χ4v) is 3.25. The molecule has 3 heterocycles. The minimum absolute atomic E-state index is 0.598. The molecule has 2 aromatic heterocycles. The first-order chi connectivity index (χ1) is 9.83. The van der Waals surface area contributed by atoms with Crippen molar-refractivity contribution in [3.8, 4) is 22.2 Å². The number of hydrogen-bond acceptors (Lipinski definition) is 4. The molecule has 3 aromatic rings. The molecule has 0 aliphatic carbocycles. The smallest absolute Gasteiger partial charge is 0.163 e. The van der Waals surface area contributed by atoms with Crippen LogP contribution >= 0.6 is 11.3 Å². The van der Waals surface area contributed by atoms with E-state index in [1.54, 1.807) is 11.3 Å². The van der Waals surface area contributed by atoms with Crippen molar-refractivity contribution in [1.29, 1.82) is 0 Å². The zero-order chi connectivity index (χ0) is 13.5. The second kappa shape index (κ2) is 4.52. The van der Waals surface area contributed by atoms with Gasteiger partial charge in [0.25, 0.3) is 0 Å². The second-order valence-corrected chi connectivity index (χ2v) is 5.89. The third kappa shape index (κ3) is 1.86. The minimum atomic E-state index is 0.598. The van der Waals surface area contributed by atoms with Gasteiger partial charge in [0.2, 0.25) is 0 Å². The number of aromatic nitrogens is 2. The van der Waals surface area contributed by atoms with Crippen LogP contribution in [0.25, 0.3) is 21.7 Å². The highest BCUT2D eigenvalue weighted by Gasteiger charge is 2.15. The van der Waals surface area contributed by atoms with Gasteiger partial charge in [0.1, 0.15) is 19.0 Å². The fraction of sp³-hybridized carbons (Fsp3) is 0.267. The van der Waals surface area contributed by atoms with Gasteiger partial charge >= 0.3 is 0 Å². The number of nitrogens with zero attached hydrogens (tertiary/aromatic N) is 1. The summed E-state index contributed by atoms with van der Waals surface area (Å²) in [4.78, 5) is 10.6. The van der Waals surface area contributed by atoms with Crippen LogP contribution in [0.1, 0.15) is 11.8 Å². The second-order valence-electron chi connectivity index (χ2n) is 4.72. The van der Waals surface area contributed by atoms with Gasteiger partial charge in [-0.05, 0) is 18.6 Å². The van der Waals surface area contributed by atoms with Crippen LogP contribution in [0.2, 0.25) is 0 Å². The molecular formula is C15H14N2O2S. The number of rotatable bonds is 2. The Balaban J connectivity index is 1.81. The number of H-pyrrole nitrogens is 1. The Kier molecular flexibility index (Phi) is 2.67. The summed E-state index contributed by atoms with van der Waals surface area (Å²) in [6.07, 6.45) is 1.06. The number of aryl methyl sites for hydroxylation is 1. The molecule has 1 N–H and O–H groups in total. The maximum Gasteiger partial charge on any atom is 0.163 e. The first-order valence-corrected chi connectivity index (χ1v) is 7.53. The van der Waals surface area contributed by atoms with Gasteiger partial charge in [-0.15, -0.1) is 11.3 Å². The Labute approximate surface area is 120 Å². The molecular weight excluding hydrogens is 272 g/mol. The van der Waals surface area contributed by atoms with Gasteiger partial charge in [0.05, 0.1) is 15.9 Å². The molecule has 102 valence electrons. The van der Waals surface area contributed by atoms with Crippen molar-refractivity contribution in [2.24, 2.45) is 0 Å². The summed E-state index contributed by atoms with van der Waals surface area (Å²) in [5.41, 5.74) is 1.89. The molecule has 0 bridgehead atoms. The first kappa shape index (κ1) is 11.8. The highest BCUT2D eigenvalue weighted by atomic mass is 32.1. The van der Waals surface area contributed by atoms with Gasteiger partial charge in [0, 0.05) is 17.0 Å². The summed E-state index contributed by atoms with van der Waals surface area (Å²) in [6, 6.07) is 8.19. The Bertz CT molecular complexity index is 732. The molecule has 4 rings (SSSR count). The molecule has 0 amide bonds. The van der Waals surface area contributed by atoms with E-state index in [-0.39, 0.29) is 0 Å². The summed E-state index contributed by atoms with van der Waals surface area (Å²) >= 11 is 1.78. The van der Waals surface area contributed by atoms with E-state index in [2.05, 4.69) is 29.0 Å². The topological polar surface area (TPSA) is 47.1 Å². The predicted octanol–water partition coefficient (Wildman–Crippen LogP) is 3.63. The van der Waals surface area contributed by atoms with E-state index in [9.17, 15) is 0 Å². The minimum Gasteiger partial charge on any atom is -0.486 e.